The fourth-order valence-electron chi connectivity index (χ4n) is 4.69. The molecule has 1 atom stereocenters. The highest BCUT2D eigenvalue weighted by Crippen LogP contribution is 2.30. The third-order valence-corrected chi connectivity index (χ3v) is 6.42. The summed E-state index contributed by atoms with van der Waals surface area (Å²) in [5.41, 5.74) is 1.79. The minimum absolute atomic E-state index is 0.0863. The van der Waals surface area contributed by atoms with Crippen LogP contribution < -0.4 is 14.4 Å². The van der Waals surface area contributed by atoms with Crippen LogP contribution in [0.3, 0.4) is 0 Å². The maximum Gasteiger partial charge on any atom is 0.168 e. The zero-order valence-electron chi connectivity index (χ0n) is 20.3. The number of halogens is 1. The Morgan fingerprint density at radius 2 is 1.71 bits per heavy atom. The Morgan fingerprint density at radius 1 is 0.971 bits per heavy atom. The summed E-state index contributed by atoms with van der Waals surface area (Å²) < 4.78 is 26.9. The van der Waals surface area contributed by atoms with Crippen LogP contribution in [0.4, 0.5) is 10.1 Å². The summed E-state index contributed by atoms with van der Waals surface area (Å²) in [6.07, 6.45) is 0.768. The van der Waals surface area contributed by atoms with Crippen LogP contribution in [-0.2, 0) is 13.0 Å². The van der Waals surface area contributed by atoms with Gasteiger partial charge in [0.15, 0.2) is 17.3 Å². The summed E-state index contributed by atoms with van der Waals surface area (Å²) in [5, 5.41) is 12.7. The molecule has 0 radical (unpaired) electrons. The van der Waals surface area contributed by atoms with Crippen molar-refractivity contribution >= 4 is 5.69 Å². The quantitative estimate of drug-likeness (QED) is 0.475. The molecule has 3 aromatic rings. The van der Waals surface area contributed by atoms with Gasteiger partial charge in [0.25, 0.3) is 0 Å². The lowest BCUT2D eigenvalue weighted by Crippen LogP contribution is -2.49. The Labute approximate surface area is 200 Å². The Balaban J connectivity index is 1.45. The molecule has 1 aliphatic heterocycles. The number of hydrogen-bond acceptors (Lipinski definition) is 7. The van der Waals surface area contributed by atoms with Crippen LogP contribution in [0.2, 0.25) is 0 Å². The van der Waals surface area contributed by atoms with Gasteiger partial charge in [-0.25, -0.2) is 9.07 Å². The van der Waals surface area contributed by atoms with Gasteiger partial charge >= 0.3 is 0 Å². The van der Waals surface area contributed by atoms with Crippen LogP contribution >= 0.6 is 0 Å². The second-order valence-electron chi connectivity index (χ2n) is 8.86. The van der Waals surface area contributed by atoms with E-state index in [2.05, 4.69) is 39.2 Å². The Bertz CT molecular complexity index is 1080. The maximum absolute atomic E-state index is 14.2. The summed E-state index contributed by atoms with van der Waals surface area (Å²) in [5.74, 6) is 2.45. The lowest BCUT2D eigenvalue weighted by atomic mass is 10.0. The minimum Gasteiger partial charge on any atom is -0.493 e. The molecule has 34 heavy (non-hydrogen) atoms. The maximum atomic E-state index is 14.2. The van der Waals surface area contributed by atoms with E-state index in [1.165, 1.54) is 6.07 Å². The molecule has 2 aromatic carbocycles. The number of aromatic nitrogens is 4. The number of anilines is 1. The molecule has 0 spiro atoms. The molecule has 0 aliphatic carbocycles. The molecule has 0 saturated carbocycles. The Morgan fingerprint density at radius 3 is 2.38 bits per heavy atom. The number of nitrogens with zero attached hydrogens (tertiary/aromatic N) is 6. The van der Waals surface area contributed by atoms with Crippen LogP contribution in [0.1, 0.15) is 31.3 Å². The normalized spacial score (nSPS) is 15.5. The Kier molecular flexibility index (Phi) is 7.62. The number of aryl methyl sites for hydroxylation is 2. The van der Waals surface area contributed by atoms with Crippen molar-refractivity contribution in [2.45, 2.75) is 32.9 Å². The van der Waals surface area contributed by atoms with E-state index in [0.717, 1.165) is 44.0 Å². The van der Waals surface area contributed by atoms with E-state index in [9.17, 15) is 4.39 Å². The molecule has 2 heterocycles. The molecule has 182 valence electrons. The van der Waals surface area contributed by atoms with Crippen molar-refractivity contribution in [2.24, 2.45) is 5.92 Å². The van der Waals surface area contributed by atoms with Gasteiger partial charge in [0.1, 0.15) is 5.82 Å². The standard InChI is InChI=1S/C25H33FN6O2/c1-18(2)24(31-15-13-30(14-16-31)21-8-6-5-7-20(21)26)25-27-28-29-32(25)12-11-19-9-10-22(33-3)23(17-19)34-4/h5-10,17-18,24H,11-16H2,1-4H3. The molecule has 1 unspecified atom stereocenters. The van der Waals surface area contributed by atoms with E-state index in [1.54, 1.807) is 20.3 Å². The molecule has 0 bridgehead atoms. The zero-order valence-corrected chi connectivity index (χ0v) is 20.3. The highest BCUT2D eigenvalue weighted by molar-refractivity contribution is 5.48. The number of ether oxygens (including phenoxy) is 2. The highest BCUT2D eigenvalue weighted by atomic mass is 19.1. The van der Waals surface area contributed by atoms with Crippen LogP contribution in [0.25, 0.3) is 0 Å². The average Bonchev–Trinajstić information content (AvgIpc) is 3.31. The van der Waals surface area contributed by atoms with Gasteiger partial charge in [0.2, 0.25) is 0 Å². The first-order chi connectivity index (χ1) is 16.5. The first-order valence-electron chi connectivity index (χ1n) is 11.7. The molecule has 0 amide bonds. The average molecular weight is 469 g/mol. The predicted molar refractivity (Wildman–Crippen MR) is 129 cm³/mol. The zero-order chi connectivity index (χ0) is 24.1. The number of methoxy groups -OCH3 is 2. The molecule has 8 nitrogen and oxygen atoms in total. The Hall–Kier alpha value is -3.20. The molecule has 0 N–H and O–H groups in total. The molecular formula is C25H33FN6O2. The van der Waals surface area contributed by atoms with Crippen LogP contribution in [0, 0.1) is 11.7 Å². The fourth-order valence-corrected chi connectivity index (χ4v) is 4.69. The van der Waals surface area contributed by atoms with Crippen LogP contribution in [-0.4, -0.2) is 65.5 Å². The lowest BCUT2D eigenvalue weighted by molar-refractivity contribution is 0.134. The molecule has 1 aromatic heterocycles. The molecule has 4 rings (SSSR count). The highest BCUT2D eigenvalue weighted by Gasteiger charge is 2.31. The number of benzene rings is 2. The van der Waals surface area contributed by atoms with Gasteiger partial charge in [-0.15, -0.1) is 5.10 Å². The second kappa shape index (κ2) is 10.8. The van der Waals surface area contributed by atoms with Gasteiger partial charge in [0, 0.05) is 32.7 Å². The van der Waals surface area contributed by atoms with Crippen molar-refractivity contribution in [3.8, 4) is 11.5 Å². The number of piperazine rings is 1. The second-order valence-corrected chi connectivity index (χ2v) is 8.86. The van der Waals surface area contributed by atoms with Crippen molar-refractivity contribution in [2.75, 3.05) is 45.3 Å². The topological polar surface area (TPSA) is 68.5 Å². The van der Waals surface area contributed by atoms with Gasteiger partial charge in [-0.2, -0.15) is 0 Å². The number of hydrogen-bond donors (Lipinski definition) is 0. The van der Waals surface area contributed by atoms with Gasteiger partial charge in [0.05, 0.1) is 25.9 Å². The molecule has 9 heteroatoms. The first-order valence-corrected chi connectivity index (χ1v) is 11.7. The van der Waals surface area contributed by atoms with Gasteiger partial charge in [-0.3, -0.25) is 4.90 Å². The van der Waals surface area contributed by atoms with Crippen molar-refractivity contribution < 1.29 is 13.9 Å². The number of tetrazole rings is 1. The minimum atomic E-state index is -0.171. The molecule has 1 saturated heterocycles. The van der Waals surface area contributed by atoms with Crippen molar-refractivity contribution in [3.63, 3.8) is 0 Å². The summed E-state index contributed by atoms with van der Waals surface area (Å²) in [4.78, 5) is 4.53. The molecule has 1 aliphatic rings. The van der Waals surface area contributed by atoms with E-state index >= 15 is 0 Å². The van der Waals surface area contributed by atoms with E-state index in [4.69, 9.17) is 9.47 Å². The van der Waals surface area contributed by atoms with Crippen molar-refractivity contribution in [1.29, 1.82) is 0 Å². The summed E-state index contributed by atoms with van der Waals surface area (Å²) >= 11 is 0. The summed E-state index contributed by atoms with van der Waals surface area (Å²) in [6.45, 7) is 8.22. The lowest BCUT2D eigenvalue weighted by Gasteiger charge is -2.41. The SMILES string of the molecule is COc1ccc(CCn2nnnc2C(C(C)C)N2CCN(c3ccccc3F)CC2)cc1OC. The van der Waals surface area contributed by atoms with Gasteiger partial charge in [-0.1, -0.05) is 32.0 Å². The largest absolute Gasteiger partial charge is 0.493 e. The van der Waals surface area contributed by atoms with Crippen LogP contribution in [0.5, 0.6) is 11.5 Å². The third kappa shape index (κ3) is 5.14. The smallest absolute Gasteiger partial charge is 0.168 e. The first kappa shape index (κ1) is 23.9. The van der Waals surface area contributed by atoms with E-state index in [-0.39, 0.29) is 11.9 Å². The van der Waals surface area contributed by atoms with E-state index in [0.29, 0.717) is 29.6 Å². The summed E-state index contributed by atoms with van der Waals surface area (Å²) in [6, 6.07) is 13.0. The molecule has 1 fully saturated rings. The van der Waals surface area contributed by atoms with E-state index < -0.39 is 0 Å². The fraction of sp³-hybridized carbons (Fsp3) is 0.480. The summed E-state index contributed by atoms with van der Waals surface area (Å²) in [7, 11) is 3.27. The van der Waals surface area contributed by atoms with E-state index in [1.807, 2.05) is 35.0 Å². The monoisotopic (exact) mass is 468 g/mol. The van der Waals surface area contributed by atoms with Gasteiger partial charge in [-0.05, 0) is 52.6 Å². The van der Waals surface area contributed by atoms with Crippen molar-refractivity contribution in [1.82, 2.24) is 25.1 Å². The number of rotatable bonds is 9. The number of para-hydroxylation sites is 1. The molecular weight excluding hydrogens is 435 g/mol. The van der Waals surface area contributed by atoms with Crippen molar-refractivity contribution in [3.05, 3.63) is 59.7 Å². The van der Waals surface area contributed by atoms with Gasteiger partial charge < -0.3 is 14.4 Å². The predicted octanol–water partition coefficient (Wildman–Crippen LogP) is 3.59. The van der Waals surface area contributed by atoms with Crippen LogP contribution in [0.15, 0.2) is 42.5 Å². The third-order valence-electron chi connectivity index (χ3n) is 6.42.